The Kier molecular flexibility index (Phi) is 7.10. The Labute approximate surface area is 300 Å². The van der Waals surface area contributed by atoms with Gasteiger partial charge in [-0.3, -0.25) is 9.97 Å². The zero-order valence-electron chi connectivity index (χ0n) is 28.1. The van der Waals surface area contributed by atoms with E-state index in [-0.39, 0.29) is 0 Å². The molecule has 10 rings (SSSR count). The Bertz CT molecular complexity index is 2800. The highest BCUT2D eigenvalue weighted by Crippen LogP contribution is 2.37. The van der Waals surface area contributed by atoms with Crippen LogP contribution in [-0.4, -0.2) is 19.9 Å². The molecule has 3 aromatic heterocycles. The quantitative estimate of drug-likeness (QED) is 0.172. The van der Waals surface area contributed by atoms with E-state index in [1.807, 2.05) is 24.5 Å². The summed E-state index contributed by atoms with van der Waals surface area (Å²) in [5.41, 5.74) is 11.3. The van der Waals surface area contributed by atoms with E-state index in [4.69, 9.17) is 9.97 Å². The second-order valence-corrected chi connectivity index (χ2v) is 13.1. The third-order valence-corrected chi connectivity index (χ3v) is 10.0. The lowest BCUT2D eigenvalue weighted by molar-refractivity contribution is 1.19. The standard InChI is InChI=1S/C48H30N4/c1-2-10-36-35(9-1)29-43(40-12-4-3-11-39(36)40)47-30-46(33-21-17-31(18-22-33)37-25-27-49-44-15-7-5-13-41(37)44)51-48(52-47)34-23-19-32(20-24-34)38-26-28-50-45-16-8-6-14-42(38)45/h1-30H. The normalized spacial score (nSPS) is 11.5. The third-order valence-electron chi connectivity index (χ3n) is 10.0. The summed E-state index contributed by atoms with van der Waals surface area (Å²) in [4.78, 5) is 19.6. The van der Waals surface area contributed by atoms with Gasteiger partial charge < -0.3 is 0 Å². The van der Waals surface area contributed by atoms with Gasteiger partial charge in [-0.25, -0.2) is 9.97 Å². The molecular formula is C48H30N4. The number of para-hydroxylation sites is 2. The zero-order chi connectivity index (χ0) is 34.4. The van der Waals surface area contributed by atoms with E-state index in [1.165, 1.54) is 16.2 Å². The highest BCUT2D eigenvalue weighted by molar-refractivity contribution is 6.13. The van der Waals surface area contributed by atoms with E-state index in [1.54, 1.807) is 0 Å². The molecule has 0 unspecified atom stereocenters. The van der Waals surface area contributed by atoms with Crippen LogP contribution in [-0.2, 0) is 0 Å². The molecule has 52 heavy (non-hydrogen) atoms. The highest BCUT2D eigenvalue weighted by Gasteiger charge is 2.16. The molecule has 4 nitrogen and oxygen atoms in total. The molecule has 7 aromatic carbocycles. The molecule has 10 aromatic rings. The van der Waals surface area contributed by atoms with E-state index in [9.17, 15) is 0 Å². The molecule has 3 heterocycles. The Morgan fingerprint density at radius 2 is 0.788 bits per heavy atom. The van der Waals surface area contributed by atoms with Crippen LogP contribution in [0.25, 0.3) is 99.5 Å². The molecule has 0 N–H and O–H groups in total. The van der Waals surface area contributed by atoms with Crippen LogP contribution in [0.5, 0.6) is 0 Å². The summed E-state index contributed by atoms with van der Waals surface area (Å²) in [6, 6.07) is 59.5. The van der Waals surface area contributed by atoms with Gasteiger partial charge in [0.05, 0.1) is 22.4 Å². The fourth-order valence-electron chi connectivity index (χ4n) is 7.44. The van der Waals surface area contributed by atoms with Gasteiger partial charge in [0.15, 0.2) is 5.82 Å². The van der Waals surface area contributed by atoms with E-state index in [0.717, 1.165) is 77.5 Å². The maximum absolute atomic E-state index is 5.28. The summed E-state index contributed by atoms with van der Waals surface area (Å²) in [6.45, 7) is 0. The summed E-state index contributed by atoms with van der Waals surface area (Å²) in [5, 5.41) is 7.05. The van der Waals surface area contributed by atoms with Crippen molar-refractivity contribution in [2.75, 3.05) is 0 Å². The van der Waals surface area contributed by atoms with Gasteiger partial charge in [-0.2, -0.15) is 0 Å². The first-order valence-corrected chi connectivity index (χ1v) is 17.5. The molecule has 4 heteroatoms. The first-order valence-electron chi connectivity index (χ1n) is 17.5. The lowest BCUT2D eigenvalue weighted by Gasteiger charge is -2.14. The minimum Gasteiger partial charge on any atom is -0.256 e. The van der Waals surface area contributed by atoms with Gasteiger partial charge in [0, 0.05) is 39.9 Å². The molecule has 0 aliphatic heterocycles. The van der Waals surface area contributed by atoms with E-state index in [2.05, 4.69) is 168 Å². The van der Waals surface area contributed by atoms with Crippen LogP contribution < -0.4 is 0 Å². The lowest BCUT2D eigenvalue weighted by Crippen LogP contribution is -1.97. The number of hydrogen-bond donors (Lipinski definition) is 0. The fraction of sp³-hybridized carbons (Fsp3) is 0. The smallest absolute Gasteiger partial charge is 0.160 e. The van der Waals surface area contributed by atoms with Crippen LogP contribution in [0.4, 0.5) is 0 Å². The van der Waals surface area contributed by atoms with Crippen LogP contribution in [0.1, 0.15) is 0 Å². The SMILES string of the molecule is c1ccc2c(c1)cc(-c1cc(-c3ccc(-c4ccnc5ccccc45)cc3)nc(-c3ccc(-c4ccnc5ccccc45)cc3)n1)c1ccccc12. The Morgan fingerprint density at radius 3 is 1.42 bits per heavy atom. The number of rotatable bonds is 5. The molecule has 0 fully saturated rings. The van der Waals surface area contributed by atoms with E-state index >= 15 is 0 Å². The maximum atomic E-state index is 5.28. The molecule has 0 amide bonds. The van der Waals surface area contributed by atoms with Crippen molar-refractivity contribution >= 4 is 43.4 Å². The van der Waals surface area contributed by atoms with Crippen molar-refractivity contribution in [1.82, 2.24) is 19.9 Å². The van der Waals surface area contributed by atoms with E-state index in [0.29, 0.717) is 5.82 Å². The number of pyridine rings is 2. The lowest BCUT2D eigenvalue weighted by atomic mass is 9.94. The predicted molar refractivity (Wildman–Crippen MR) is 215 cm³/mol. The van der Waals surface area contributed by atoms with Gasteiger partial charge in [0.1, 0.15) is 0 Å². The first kappa shape index (κ1) is 29.8. The summed E-state index contributed by atoms with van der Waals surface area (Å²) in [6.07, 6.45) is 3.76. The largest absolute Gasteiger partial charge is 0.256 e. The van der Waals surface area contributed by atoms with E-state index < -0.39 is 0 Å². The summed E-state index contributed by atoms with van der Waals surface area (Å²) < 4.78 is 0. The van der Waals surface area contributed by atoms with Crippen LogP contribution in [0.15, 0.2) is 182 Å². The summed E-state index contributed by atoms with van der Waals surface area (Å²) in [5.74, 6) is 0.681. The first-order chi connectivity index (χ1) is 25.8. The second-order valence-electron chi connectivity index (χ2n) is 13.1. The minimum absolute atomic E-state index is 0.681. The van der Waals surface area contributed by atoms with Crippen molar-refractivity contribution in [2.24, 2.45) is 0 Å². The molecule has 0 aliphatic carbocycles. The Hall–Kier alpha value is -7.04. The molecule has 0 bridgehead atoms. The van der Waals surface area contributed by atoms with Crippen LogP contribution in [0, 0.1) is 0 Å². The van der Waals surface area contributed by atoms with Gasteiger partial charge >= 0.3 is 0 Å². The van der Waals surface area contributed by atoms with Gasteiger partial charge in [-0.05, 0) is 80.2 Å². The summed E-state index contributed by atoms with van der Waals surface area (Å²) >= 11 is 0. The molecular weight excluding hydrogens is 633 g/mol. The molecule has 0 saturated heterocycles. The second kappa shape index (κ2) is 12.4. The molecule has 242 valence electrons. The molecule has 0 aliphatic rings. The third kappa shape index (κ3) is 5.17. The topological polar surface area (TPSA) is 51.6 Å². The van der Waals surface area contributed by atoms with Crippen molar-refractivity contribution in [2.45, 2.75) is 0 Å². The number of nitrogens with zero attached hydrogens (tertiary/aromatic N) is 4. The number of benzene rings is 7. The molecule has 0 radical (unpaired) electrons. The van der Waals surface area contributed by atoms with Gasteiger partial charge in [-0.15, -0.1) is 0 Å². The highest BCUT2D eigenvalue weighted by atomic mass is 14.9. The van der Waals surface area contributed by atoms with Crippen molar-refractivity contribution in [1.29, 1.82) is 0 Å². The van der Waals surface area contributed by atoms with Crippen molar-refractivity contribution < 1.29 is 0 Å². The fourth-order valence-corrected chi connectivity index (χ4v) is 7.44. The van der Waals surface area contributed by atoms with Crippen LogP contribution in [0.2, 0.25) is 0 Å². The van der Waals surface area contributed by atoms with Gasteiger partial charge in [0.25, 0.3) is 0 Å². The van der Waals surface area contributed by atoms with Gasteiger partial charge in [0.2, 0.25) is 0 Å². The van der Waals surface area contributed by atoms with Crippen molar-refractivity contribution in [3.8, 4) is 56.2 Å². The number of fused-ring (bicyclic) bond motifs is 5. The molecule has 0 spiro atoms. The zero-order valence-corrected chi connectivity index (χ0v) is 28.1. The Morgan fingerprint density at radius 1 is 0.308 bits per heavy atom. The van der Waals surface area contributed by atoms with Gasteiger partial charge in [-0.1, -0.05) is 133 Å². The maximum Gasteiger partial charge on any atom is 0.160 e. The van der Waals surface area contributed by atoms with Crippen LogP contribution in [0.3, 0.4) is 0 Å². The average Bonchev–Trinajstić information content (AvgIpc) is 3.23. The number of hydrogen-bond acceptors (Lipinski definition) is 4. The molecule has 0 atom stereocenters. The Balaban J connectivity index is 1.13. The van der Waals surface area contributed by atoms with Crippen LogP contribution >= 0.6 is 0 Å². The minimum atomic E-state index is 0.681. The average molecular weight is 663 g/mol. The number of aromatic nitrogens is 4. The van der Waals surface area contributed by atoms with Crippen molar-refractivity contribution in [3.05, 3.63) is 182 Å². The van der Waals surface area contributed by atoms with Crippen molar-refractivity contribution in [3.63, 3.8) is 0 Å². The monoisotopic (exact) mass is 662 g/mol. The predicted octanol–water partition coefficient (Wildman–Crippen LogP) is 12.2. The summed E-state index contributed by atoms with van der Waals surface area (Å²) in [7, 11) is 0. The molecule has 0 saturated carbocycles.